The van der Waals surface area contributed by atoms with E-state index in [1.807, 2.05) is 11.4 Å². The van der Waals surface area contributed by atoms with Gasteiger partial charge in [-0.2, -0.15) is 13.2 Å². The highest BCUT2D eigenvalue weighted by Crippen LogP contribution is 2.22. The van der Waals surface area contributed by atoms with Crippen LogP contribution in [0.4, 0.5) is 18.9 Å². The van der Waals surface area contributed by atoms with Gasteiger partial charge in [-0.15, -0.1) is 0 Å². The Kier molecular flexibility index (Phi) is 5.44. The second-order valence-corrected chi connectivity index (χ2v) is 5.53. The molecule has 0 aromatic heterocycles. The Hall–Kier alpha value is -1.24. The zero-order valence-electron chi connectivity index (χ0n) is 11.1. The lowest BCUT2D eigenvalue weighted by molar-refractivity contribution is -0.140. The standard InChI is InChI=1S/C13H16BrF3N2O/c1-3-12(2,11(20)18-8-13(15,16)17)19-10-6-4-5-9(14)7-10/h4-7,19H,3,8H2,1-2H3,(H,18,20). The second kappa shape index (κ2) is 6.47. The molecule has 112 valence electrons. The van der Waals surface area contributed by atoms with Gasteiger partial charge in [-0.3, -0.25) is 4.79 Å². The third kappa shape index (κ3) is 5.03. The van der Waals surface area contributed by atoms with Crippen molar-refractivity contribution in [2.75, 3.05) is 11.9 Å². The molecule has 7 heteroatoms. The van der Waals surface area contributed by atoms with Gasteiger partial charge in [0.25, 0.3) is 0 Å². The number of hydrogen-bond acceptors (Lipinski definition) is 2. The van der Waals surface area contributed by atoms with Crippen molar-refractivity contribution in [1.29, 1.82) is 0 Å². The van der Waals surface area contributed by atoms with Crippen molar-refractivity contribution in [3.63, 3.8) is 0 Å². The summed E-state index contributed by atoms with van der Waals surface area (Å²) in [6.45, 7) is 1.97. The molecular formula is C13H16BrF3N2O. The third-order valence-electron chi connectivity index (χ3n) is 2.90. The van der Waals surface area contributed by atoms with Crippen LogP contribution in [-0.2, 0) is 4.79 Å². The molecule has 3 nitrogen and oxygen atoms in total. The molecule has 0 aliphatic rings. The number of benzene rings is 1. The molecule has 20 heavy (non-hydrogen) atoms. The Bertz CT molecular complexity index is 479. The Morgan fingerprint density at radius 3 is 2.50 bits per heavy atom. The summed E-state index contributed by atoms with van der Waals surface area (Å²) in [7, 11) is 0. The number of rotatable bonds is 5. The highest BCUT2D eigenvalue weighted by atomic mass is 79.9. The number of nitrogens with one attached hydrogen (secondary N) is 2. The number of halogens is 4. The molecule has 0 saturated carbocycles. The fraction of sp³-hybridized carbons (Fsp3) is 0.462. The van der Waals surface area contributed by atoms with E-state index < -0.39 is 24.2 Å². The van der Waals surface area contributed by atoms with Crippen LogP contribution < -0.4 is 10.6 Å². The van der Waals surface area contributed by atoms with Gasteiger partial charge in [-0.1, -0.05) is 28.9 Å². The Balaban J connectivity index is 2.78. The molecule has 0 heterocycles. The van der Waals surface area contributed by atoms with Crippen LogP contribution in [0.3, 0.4) is 0 Å². The Morgan fingerprint density at radius 1 is 1.35 bits per heavy atom. The largest absolute Gasteiger partial charge is 0.405 e. The zero-order chi connectivity index (χ0) is 15.4. The van der Waals surface area contributed by atoms with Gasteiger partial charge in [0, 0.05) is 10.2 Å². The number of alkyl halides is 3. The maximum absolute atomic E-state index is 12.1. The summed E-state index contributed by atoms with van der Waals surface area (Å²) < 4.78 is 37.3. The second-order valence-electron chi connectivity index (χ2n) is 4.62. The summed E-state index contributed by atoms with van der Waals surface area (Å²) in [4.78, 5) is 11.9. The normalized spacial score (nSPS) is 14.5. The van der Waals surface area contributed by atoms with Gasteiger partial charge in [0.15, 0.2) is 0 Å². The minimum atomic E-state index is -4.42. The van der Waals surface area contributed by atoms with Gasteiger partial charge in [0.2, 0.25) is 5.91 Å². The first-order valence-electron chi connectivity index (χ1n) is 6.05. The van der Waals surface area contributed by atoms with Crippen LogP contribution in [0.15, 0.2) is 28.7 Å². The lowest BCUT2D eigenvalue weighted by Gasteiger charge is -2.29. The minimum Gasteiger partial charge on any atom is -0.371 e. The molecule has 0 radical (unpaired) electrons. The van der Waals surface area contributed by atoms with E-state index in [1.165, 1.54) is 0 Å². The van der Waals surface area contributed by atoms with E-state index in [0.717, 1.165) is 4.47 Å². The molecule has 1 atom stereocenters. The summed E-state index contributed by atoms with van der Waals surface area (Å²) in [5.41, 5.74) is -0.447. The van der Waals surface area contributed by atoms with Gasteiger partial charge in [0.05, 0.1) is 0 Å². The Labute approximate surface area is 124 Å². The monoisotopic (exact) mass is 352 g/mol. The highest BCUT2D eigenvalue weighted by Gasteiger charge is 2.35. The van der Waals surface area contributed by atoms with E-state index in [1.54, 1.807) is 32.0 Å². The molecule has 0 aliphatic carbocycles. The van der Waals surface area contributed by atoms with E-state index in [4.69, 9.17) is 0 Å². The number of carbonyl (C=O) groups is 1. The van der Waals surface area contributed by atoms with Crippen LogP contribution in [0.2, 0.25) is 0 Å². The summed E-state index contributed by atoms with van der Waals surface area (Å²) in [5, 5.41) is 4.88. The quantitative estimate of drug-likeness (QED) is 0.848. The van der Waals surface area contributed by atoms with Crippen molar-refractivity contribution < 1.29 is 18.0 Å². The van der Waals surface area contributed by atoms with Crippen molar-refractivity contribution in [1.82, 2.24) is 5.32 Å². The van der Waals surface area contributed by atoms with E-state index >= 15 is 0 Å². The molecule has 1 aromatic carbocycles. The molecule has 1 amide bonds. The molecule has 2 N–H and O–H groups in total. The fourth-order valence-corrected chi connectivity index (χ4v) is 1.97. The topological polar surface area (TPSA) is 41.1 Å². The molecule has 1 unspecified atom stereocenters. The fourth-order valence-electron chi connectivity index (χ4n) is 1.57. The average Bonchev–Trinajstić information content (AvgIpc) is 2.34. The maximum atomic E-state index is 12.1. The van der Waals surface area contributed by atoms with Crippen molar-refractivity contribution >= 4 is 27.5 Å². The Morgan fingerprint density at radius 2 is 2.00 bits per heavy atom. The van der Waals surface area contributed by atoms with Crippen LogP contribution in [0.5, 0.6) is 0 Å². The lowest BCUT2D eigenvalue weighted by atomic mass is 9.97. The van der Waals surface area contributed by atoms with Crippen LogP contribution >= 0.6 is 15.9 Å². The molecule has 0 saturated heterocycles. The van der Waals surface area contributed by atoms with Crippen LogP contribution in [0.25, 0.3) is 0 Å². The molecule has 1 rings (SSSR count). The van der Waals surface area contributed by atoms with Crippen LogP contribution in [0.1, 0.15) is 20.3 Å². The van der Waals surface area contributed by atoms with E-state index in [-0.39, 0.29) is 0 Å². The first-order chi connectivity index (χ1) is 9.16. The van der Waals surface area contributed by atoms with Crippen molar-refractivity contribution in [3.8, 4) is 0 Å². The van der Waals surface area contributed by atoms with Crippen molar-refractivity contribution in [2.24, 2.45) is 0 Å². The predicted octanol–water partition coefficient (Wildman–Crippen LogP) is 3.71. The average molecular weight is 353 g/mol. The molecule has 1 aromatic rings. The molecule has 0 aliphatic heterocycles. The minimum absolute atomic E-state index is 0.350. The van der Waals surface area contributed by atoms with Gasteiger partial charge < -0.3 is 10.6 Å². The lowest BCUT2D eigenvalue weighted by Crippen LogP contribution is -2.51. The maximum Gasteiger partial charge on any atom is 0.405 e. The van der Waals surface area contributed by atoms with Gasteiger partial charge in [0.1, 0.15) is 12.1 Å². The number of amides is 1. The SMILES string of the molecule is CCC(C)(Nc1cccc(Br)c1)C(=O)NCC(F)(F)F. The van der Waals surface area contributed by atoms with Gasteiger partial charge in [-0.25, -0.2) is 0 Å². The smallest absolute Gasteiger partial charge is 0.371 e. The molecule has 0 spiro atoms. The number of carbonyl (C=O) groups excluding carboxylic acids is 1. The number of hydrogen-bond donors (Lipinski definition) is 2. The van der Waals surface area contributed by atoms with Crippen molar-refractivity contribution in [2.45, 2.75) is 32.0 Å². The third-order valence-corrected chi connectivity index (χ3v) is 3.40. The molecule has 0 fully saturated rings. The van der Waals surface area contributed by atoms with E-state index in [0.29, 0.717) is 12.1 Å². The van der Waals surface area contributed by atoms with E-state index in [2.05, 4.69) is 21.2 Å². The van der Waals surface area contributed by atoms with Crippen LogP contribution in [0, 0.1) is 0 Å². The van der Waals surface area contributed by atoms with Crippen LogP contribution in [-0.4, -0.2) is 24.2 Å². The summed E-state index contributed by atoms with van der Waals surface area (Å²) in [6, 6.07) is 7.09. The first-order valence-corrected chi connectivity index (χ1v) is 6.84. The first kappa shape index (κ1) is 16.8. The number of anilines is 1. The van der Waals surface area contributed by atoms with Gasteiger partial charge in [-0.05, 0) is 31.5 Å². The van der Waals surface area contributed by atoms with Gasteiger partial charge >= 0.3 is 6.18 Å². The molecule has 0 bridgehead atoms. The highest BCUT2D eigenvalue weighted by molar-refractivity contribution is 9.10. The van der Waals surface area contributed by atoms with E-state index in [9.17, 15) is 18.0 Å². The summed E-state index contributed by atoms with van der Waals surface area (Å²) in [5.74, 6) is -0.683. The summed E-state index contributed by atoms with van der Waals surface area (Å²) in [6.07, 6.45) is -4.07. The molecular weight excluding hydrogens is 337 g/mol. The van der Waals surface area contributed by atoms with Crippen molar-refractivity contribution in [3.05, 3.63) is 28.7 Å². The zero-order valence-corrected chi connectivity index (χ0v) is 12.7. The predicted molar refractivity (Wildman–Crippen MR) is 75.5 cm³/mol. The summed E-state index contributed by atoms with van der Waals surface area (Å²) >= 11 is 3.30.